The highest BCUT2D eigenvalue weighted by Crippen LogP contribution is 2.19. The zero-order chi connectivity index (χ0) is 16.0. The Morgan fingerprint density at radius 1 is 1.38 bits per heavy atom. The van der Waals surface area contributed by atoms with Crippen LogP contribution in [0, 0.1) is 12.8 Å². The van der Waals surface area contributed by atoms with Crippen molar-refractivity contribution >= 4 is 33.9 Å². The molecule has 1 aromatic carbocycles. The predicted octanol–water partition coefficient (Wildman–Crippen LogP) is 3.39. The molecule has 0 heterocycles. The van der Waals surface area contributed by atoms with E-state index >= 15 is 0 Å². The van der Waals surface area contributed by atoms with Gasteiger partial charge in [-0.25, -0.2) is 4.79 Å². The van der Waals surface area contributed by atoms with Gasteiger partial charge in [-0.05, 0) is 42.5 Å². The van der Waals surface area contributed by atoms with Crippen molar-refractivity contribution in [2.45, 2.75) is 33.2 Å². The second kappa shape index (κ2) is 7.98. The molecule has 4 nitrogen and oxygen atoms in total. The molecular weight excluding hydrogens is 334 g/mol. The number of benzene rings is 1. The minimum Gasteiger partial charge on any atom is -0.480 e. The largest absolute Gasteiger partial charge is 0.480 e. The van der Waals surface area contributed by atoms with Crippen LogP contribution in [0.5, 0.6) is 0 Å². The van der Waals surface area contributed by atoms with Crippen LogP contribution in [0.25, 0.3) is 6.08 Å². The number of carbonyl (C=O) groups excluding carboxylic acids is 1. The Labute approximate surface area is 133 Å². The lowest BCUT2D eigenvalue weighted by atomic mass is 10.0. The minimum absolute atomic E-state index is 0.196. The summed E-state index contributed by atoms with van der Waals surface area (Å²) in [5.74, 6) is -1.22. The van der Waals surface area contributed by atoms with E-state index in [4.69, 9.17) is 5.11 Å². The fourth-order valence-electron chi connectivity index (χ4n) is 1.85. The molecule has 0 spiro atoms. The second-order valence-electron chi connectivity index (χ2n) is 5.39. The van der Waals surface area contributed by atoms with E-state index in [-0.39, 0.29) is 5.92 Å². The summed E-state index contributed by atoms with van der Waals surface area (Å²) in [6.07, 6.45) is 3.42. The summed E-state index contributed by atoms with van der Waals surface area (Å²) in [5, 5.41) is 11.6. The minimum atomic E-state index is -1.01. The molecule has 5 heteroatoms. The van der Waals surface area contributed by atoms with Crippen LogP contribution in [0.4, 0.5) is 0 Å². The molecule has 2 N–H and O–H groups in total. The summed E-state index contributed by atoms with van der Waals surface area (Å²) in [6.45, 7) is 5.82. The fourth-order valence-corrected chi connectivity index (χ4v) is 2.47. The summed E-state index contributed by atoms with van der Waals surface area (Å²) in [6, 6.07) is 4.94. The average Bonchev–Trinajstić information content (AvgIpc) is 2.36. The van der Waals surface area contributed by atoms with E-state index in [2.05, 4.69) is 21.2 Å². The number of hydrogen-bond acceptors (Lipinski definition) is 2. The number of hydrogen-bond donors (Lipinski definition) is 2. The van der Waals surface area contributed by atoms with Gasteiger partial charge in [0.2, 0.25) is 5.91 Å². The number of rotatable bonds is 6. The van der Waals surface area contributed by atoms with E-state index in [0.717, 1.165) is 15.6 Å². The molecule has 0 bridgehead atoms. The quantitative estimate of drug-likeness (QED) is 0.770. The van der Waals surface area contributed by atoms with Gasteiger partial charge in [0, 0.05) is 10.5 Å². The standard InChI is InChI=1S/C16H20BrNO3/c1-10(2)8-14(16(20)21)18-15(19)7-6-12-5-4-11(3)9-13(12)17/h4-7,9-10,14H,8H2,1-3H3,(H,18,19)(H,20,21)/b7-6+. The zero-order valence-corrected chi connectivity index (χ0v) is 14.0. The van der Waals surface area contributed by atoms with Crippen LogP contribution in [-0.4, -0.2) is 23.0 Å². The van der Waals surface area contributed by atoms with Crippen LogP contribution in [-0.2, 0) is 9.59 Å². The van der Waals surface area contributed by atoms with E-state index in [9.17, 15) is 9.59 Å². The van der Waals surface area contributed by atoms with Crippen LogP contribution in [0.1, 0.15) is 31.4 Å². The lowest BCUT2D eigenvalue weighted by Gasteiger charge is -2.15. The third-order valence-corrected chi connectivity index (χ3v) is 3.58. The van der Waals surface area contributed by atoms with Crippen molar-refractivity contribution in [1.82, 2.24) is 5.32 Å². The van der Waals surface area contributed by atoms with Crippen molar-refractivity contribution in [1.29, 1.82) is 0 Å². The number of amides is 1. The maximum absolute atomic E-state index is 11.8. The summed E-state index contributed by atoms with van der Waals surface area (Å²) < 4.78 is 0.892. The number of halogens is 1. The molecule has 1 rings (SSSR count). The Morgan fingerprint density at radius 2 is 2.05 bits per heavy atom. The van der Waals surface area contributed by atoms with Crippen LogP contribution in [0.2, 0.25) is 0 Å². The molecule has 0 aromatic heterocycles. The van der Waals surface area contributed by atoms with Crippen molar-refractivity contribution in [2.75, 3.05) is 0 Å². The first-order valence-corrected chi connectivity index (χ1v) is 7.56. The molecular formula is C16H20BrNO3. The zero-order valence-electron chi connectivity index (χ0n) is 12.4. The van der Waals surface area contributed by atoms with Gasteiger partial charge in [0.1, 0.15) is 6.04 Å². The molecule has 0 fully saturated rings. The molecule has 21 heavy (non-hydrogen) atoms. The van der Waals surface area contributed by atoms with Crippen molar-refractivity contribution < 1.29 is 14.7 Å². The molecule has 0 saturated carbocycles. The smallest absolute Gasteiger partial charge is 0.326 e. The molecule has 0 radical (unpaired) electrons. The summed E-state index contributed by atoms with van der Waals surface area (Å²) in [4.78, 5) is 22.9. The summed E-state index contributed by atoms with van der Waals surface area (Å²) >= 11 is 3.43. The van der Waals surface area contributed by atoms with Crippen molar-refractivity contribution in [3.63, 3.8) is 0 Å². The summed E-state index contributed by atoms with van der Waals surface area (Å²) in [5.41, 5.74) is 1.98. The van der Waals surface area contributed by atoms with E-state index in [1.165, 1.54) is 6.08 Å². The Hall–Kier alpha value is -1.62. The number of nitrogens with one attached hydrogen (secondary N) is 1. The Balaban J connectivity index is 2.71. The van der Waals surface area contributed by atoms with E-state index < -0.39 is 17.9 Å². The number of carbonyl (C=O) groups is 2. The number of aliphatic carboxylic acids is 1. The second-order valence-corrected chi connectivity index (χ2v) is 6.24. The maximum atomic E-state index is 11.8. The van der Waals surface area contributed by atoms with Crippen LogP contribution >= 0.6 is 15.9 Å². The maximum Gasteiger partial charge on any atom is 0.326 e. The molecule has 114 valence electrons. The highest BCUT2D eigenvalue weighted by Gasteiger charge is 2.19. The Bertz CT molecular complexity index is 552. The normalized spacial score (nSPS) is 12.6. The first-order chi connectivity index (χ1) is 9.79. The van der Waals surface area contributed by atoms with E-state index in [1.54, 1.807) is 6.08 Å². The van der Waals surface area contributed by atoms with Gasteiger partial charge >= 0.3 is 5.97 Å². The van der Waals surface area contributed by atoms with Gasteiger partial charge in [0.25, 0.3) is 0 Å². The average molecular weight is 354 g/mol. The van der Waals surface area contributed by atoms with Crippen molar-refractivity contribution in [3.8, 4) is 0 Å². The number of aryl methyl sites for hydroxylation is 1. The van der Waals surface area contributed by atoms with Gasteiger partial charge in [-0.15, -0.1) is 0 Å². The fraction of sp³-hybridized carbons (Fsp3) is 0.375. The van der Waals surface area contributed by atoms with Gasteiger partial charge in [0.15, 0.2) is 0 Å². The third kappa shape index (κ3) is 6.12. The number of carboxylic acids is 1. The highest BCUT2D eigenvalue weighted by molar-refractivity contribution is 9.10. The lowest BCUT2D eigenvalue weighted by molar-refractivity contribution is -0.141. The molecule has 1 aromatic rings. The van der Waals surface area contributed by atoms with Gasteiger partial charge in [-0.2, -0.15) is 0 Å². The Kier molecular flexibility index (Phi) is 6.62. The molecule has 0 aliphatic carbocycles. The molecule has 1 atom stereocenters. The Morgan fingerprint density at radius 3 is 2.57 bits per heavy atom. The molecule has 0 saturated heterocycles. The monoisotopic (exact) mass is 353 g/mol. The predicted molar refractivity (Wildman–Crippen MR) is 86.9 cm³/mol. The van der Waals surface area contributed by atoms with Crippen molar-refractivity contribution in [2.24, 2.45) is 5.92 Å². The number of carboxylic acid groups (broad SMARTS) is 1. The first-order valence-electron chi connectivity index (χ1n) is 6.77. The van der Waals surface area contributed by atoms with Gasteiger partial charge in [0.05, 0.1) is 0 Å². The molecule has 1 unspecified atom stereocenters. The molecule has 0 aliphatic rings. The van der Waals surface area contributed by atoms with Crippen LogP contribution in [0.15, 0.2) is 28.7 Å². The van der Waals surface area contributed by atoms with E-state index in [1.807, 2.05) is 39.0 Å². The van der Waals surface area contributed by atoms with Crippen molar-refractivity contribution in [3.05, 3.63) is 39.9 Å². The van der Waals surface area contributed by atoms with Gasteiger partial charge in [-0.3, -0.25) is 4.79 Å². The van der Waals surface area contributed by atoms with Crippen LogP contribution in [0.3, 0.4) is 0 Å². The van der Waals surface area contributed by atoms with Crippen LogP contribution < -0.4 is 5.32 Å². The molecule has 1 amide bonds. The summed E-state index contributed by atoms with van der Waals surface area (Å²) in [7, 11) is 0. The SMILES string of the molecule is Cc1ccc(/C=C/C(=O)NC(CC(C)C)C(=O)O)c(Br)c1. The van der Waals surface area contributed by atoms with Gasteiger partial charge in [-0.1, -0.05) is 41.9 Å². The molecule has 0 aliphatic heterocycles. The highest BCUT2D eigenvalue weighted by atomic mass is 79.9. The first kappa shape index (κ1) is 17.4. The topological polar surface area (TPSA) is 66.4 Å². The third-order valence-electron chi connectivity index (χ3n) is 2.89. The lowest BCUT2D eigenvalue weighted by Crippen LogP contribution is -2.40. The van der Waals surface area contributed by atoms with Gasteiger partial charge < -0.3 is 10.4 Å². The van der Waals surface area contributed by atoms with E-state index in [0.29, 0.717) is 6.42 Å².